The number of fused-ring (bicyclic) bond motifs is 3. The SMILES string of the molecule is c1ccc(-c2cccc(N(c3ccc(-c4nnc(-c5ccccc5)n4-c4ccccc4)cc3)c3ccc(-n4c5ccccc5c5ccccc54)cc3)c2)cc1. The third-order valence-electron chi connectivity index (χ3n) is 10.3. The molecule has 0 radical (unpaired) electrons. The van der Waals surface area contributed by atoms with Crippen LogP contribution in [0.3, 0.4) is 0 Å². The van der Waals surface area contributed by atoms with Crippen molar-refractivity contribution in [1.29, 1.82) is 0 Å². The number of nitrogens with zero attached hydrogens (tertiary/aromatic N) is 5. The van der Waals surface area contributed by atoms with E-state index in [2.05, 4.69) is 190 Å². The van der Waals surface area contributed by atoms with Crippen LogP contribution in [0.15, 0.2) is 212 Å². The van der Waals surface area contributed by atoms with Crippen LogP contribution in [0.2, 0.25) is 0 Å². The standard InChI is InChI=1S/C50H35N5/c1-4-15-36(16-5-1)39-19-14-22-44(35-39)53(42-31-33-43(34-32-42)54-47-25-12-10-23-45(47)46-24-11-13-26-48(46)54)41-29-27-38(28-30-41)50-52-51-49(37-17-6-2-7-18-37)55(50)40-20-8-3-9-21-40/h1-35H. The molecule has 0 aliphatic carbocycles. The first-order valence-corrected chi connectivity index (χ1v) is 18.5. The maximum atomic E-state index is 4.75. The second kappa shape index (κ2) is 13.8. The van der Waals surface area contributed by atoms with E-state index in [9.17, 15) is 0 Å². The van der Waals surface area contributed by atoms with Gasteiger partial charge in [0.15, 0.2) is 11.6 Å². The maximum Gasteiger partial charge on any atom is 0.168 e. The van der Waals surface area contributed by atoms with Crippen molar-refractivity contribution >= 4 is 38.9 Å². The minimum atomic E-state index is 0.782. The average molecular weight is 706 g/mol. The third kappa shape index (κ3) is 5.85. The fraction of sp³-hybridized carbons (Fsp3) is 0. The second-order valence-electron chi connectivity index (χ2n) is 13.6. The Balaban J connectivity index is 1.08. The van der Waals surface area contributed by atoms with E-state index >= 15 is 0 Å². The first-order chi connectivity index (χ1) is 27.3. The van der Waals surface area contributed by atoms with E-state index in [4.69, 9.17) is 10.2 Å². The smallest absolute Gasteiger partial charge is 0.168 e. The highest BCUT2D eigenvalue weighted by atomic mass is 15.3. The van der Waals surface area contributed by atoms with Gasteiger partial charge < -0.3 is 9.47 Å². The molecule has 260 valence electrons. The van der Waals surface area contributed by atoms with Gasteiger partial charge in [-0.15, -0.1) is 10.2 Å². The van der Waals surface area contributed by atoms with Crippen LogP contribution in [-0.4, -0.2) is 19.3 Å². The number of hydrogen-bond acceptors (Lipinski definition) is 3. The Bertz CT molecular complexity index is 2840. The molecule has 0 aliphatic heterocycles. The molecule has 0 aliphatic rings. The Kier molecular flexibility index (Phi) is 8.08. The Hall–Kier alpha value is -7.50. The topological polar surface area (TPSA) is 38.9 Å². The van der Waals surface area contributed by atoms with Crippen molar-refractivity contribution in [2.24, 2.45) is 0 Å². The zero-order valence-electron chi connectivity index (χ0n) is 29.9. The van der Waals surface area contributed by atoms with Gasteiger partial charge in [0.1, 0.15) is 0 Å². The van der Waals surface area contributed by atoms with Crippen LogP contribution < -0.4 is 4.90 Å². The van der Waals surface area contributed by atoms with Crippen LogP contribution >= 0.6 is 0 Å². The largest absolute Gasteiger partial charge is 0.310 e. The van der Waals surface area contributed by atoms with Gasteiger partial charge in [-0.1, -0.05) is 127 Å². The van der Waals surface area contributed by atoms with Crippen molar-refractivity contribution in [3.63, 3.8) is 0 Å². The quantitative estimate of drug-likeness (QED) is 0.158. The van der Waals surface area contributed by atoms with Gasteiger partial charge in [0.25, 0.3) is 0 Å². The Morgan fingerprint density at radius 1 is 0.309 bits per heavy atom. The molecule has 0 fully saturated rings. The Morgan fingerprint density at radius 2 is 0.764 bits per heavy atom. The van der Waals surface area contributed by atoms with Gasteiger partial charge in [-0.05, 0) is 96.1 Å². The first kappa shape index (κ1) is 32.2. The van der Waals surface area contributed by atoms with E-state index in [1.165, 1.54) is 27.4 Å². The molecule has 0 unspecified atom stereocenters. The number of para-hydroxylation sites is 3. The van der Waals surface area contributed by atoms with Crippen molar-refractivity contribution in [3.8, 4) is 45.3 Å². The number of benzene rings is 8. The molecule has 0 N–H and O–H groups in total. The van der Waals surface area contributed by atoms with Crippen molar-refractivity contribution in [2.75, 3.05) is 4.90 Å². The van der Waals surface area contributed by atoms with Crippen LogP contribution in [0, 0.1) is 0 Å². The molecule has 0 atom stereocenters. The minimum absolute atomic E-state index is 0.782. The lowest BCUT2D eigenvalue weighted by atomic mass is 10.0. The summed E-state index contributed by atoms with van der Waals surface area (Å²) in [6.07, 6.45) is 0. The predicted octanol–water partition coefficient (Wildman–Crippen LogP) is 12.8. The summed E-state index contributed by atoms with van der Waals surface area (Å²) in [5.41, 5.74) is 12.0. The van der Waals surface area contributed by atoms with E-state index in [1.54, 1.807) is 0 Å². The van der Waals surface area contributed by atoms with E-state index in [0.717, 1.165) is 56.8 Å². The molecule has 10 rings (SSSR count). The summed E-state index contributed by atoms with van der Waals surface area (Å²) in [6, 6.07) is 74.7. The highest BCUT2D eigenvalue weighted by Gasteiger charge is 2.19. The van der Waals surface area contributed by atoms with Gasteiger partial charge >= 0.3 is 0 Å². The Labute approximate surface area is 319 Å². The fourth-order valence-electron chi connectivity index (χ4n) is 7.68. The minimum Gasteiger partial charge on any atom is -0.310 e. The zero-order valence-corrected chi connectivity index (χ0v) is 29.9. The van der Waals surface area contributed by atoms with Crippen molar-refractivity contribution in [2.45, 2.75) is 0 Å². The van der Waals surface area contributed by atoms with Crippen LogP contribution in [0.4, 0.5) is 17.1 Å². The molecule has 2 heterocycles. The lowest BCUT2D eigenvalue weighted by molar-refractivity contribution is 1.07. The van der Waals surface area contributed by atoms with Crippen molar-refractivity contribution in [3.05, 3.63) is 212 Å². The summed E-state index contributed by atoms with van der Waals surface area (Å²) < 4.78 is 4.50. The molecule has 0 bridgehead atoms. The monoisotopic (exact) mass is 705 g/mol. The molecule has 55 heavy (non-hydrogen) atoms. The van der Waals surface area contributed by atoms with Gasteiger partial charge in [-0.3, -0.25) is 4.57 Å². The molecular formula is C50H35N5. The first-order valence-electron chi connectivity index (χ1n) is 18.5. The lowest BCUT2D eigenvalue weighted by Crippen LogP contribution is -2.10. The highest BCUT2D eigenvalue weighted by Crippen LogP contribution is 2.39. The molecule has 0 saturated heterocycles. The molecule has 0 saturated carbocycles. The predicted molar refractivity (Wildman–Crippen MR) is 227 cm³/mol. The summed E-state index contributed by atoms with van der Waals surface area (Å²) >= 11 is 0. The van der Waals surface area contributed by atoms with Crippen LogP contribution in [0.25, 0.3) is 67.1 Å². The average Bonchev–Trinajstić information content (AvgIpc) is 3.86. The normalized spacial score (nSPS) is 11.3. The highest BCUT2D eigenvalue weighted by molar-refractivity contribution is 6.09. The van der Waals surface area contributed by atoms with Crippen LogP contribution in [0.5, 0.6) is 0 Å². The fourth-order valence-corrected chi connectivity index (χ4v) is 7.68. The molecule has 8 aromatic carbocycles. The molecule has 2 aromatic heterocycles. The van der Waals surface area contributed by atoms with E-state index in [0.29, 0.717) is 0 Å². The van der Waals surface area contributed by atoms with Gasteiger partial charge in [0, 0.05) is 50.3 Å². The van der Waals surface area contributed by atoms with Crippen molar-refractivity contribution in [1.82, 2.24) is 19.3 Å². The summed E-state index contributed by atoms with van der Waals surface area (Å²) in [4.78, 5) is 2.32. The Morgan fingerprint density at radius 3 is 1.36 bits per heavy atom. The summed E-state index contributed by atoms with van der Waals surface area (Å²) in [6.45, 7) is 0. The van der Waals surface area contributed by atoms with Crippen molar-refractivity contribution < 1.29 is 0 Å². The summed E-state index contributed by atoms with van der Waals surface area (Å²) in [5.74, 6) is 1.58. The summed E-state index contributed by atoms with van der Waals surface area (Å²) in [7, 11) is 0. The van der Waals surface area contributed by atoms with E-state index in [1.807, 2.05) is 36.4 Å². The molecule has 0 spiro atoms. The summed E-state index contributed by atoms with van der Waals surface area (Å²) in [5, 5.41) is 11.9. The number of anilines is 3. The molecular weight excluding hydrogens is 671 g/mol. The molecule has 0 amide bonds. The van der Waals surface area contributed by atoms with Crippen LogP contribution in [-0.2, 0) is 0 Å². The van der Waals surface area contributed by atoms with Gasteiger partial charge in [-0.2, -0.15) is 0 Å². The number of rotatable bonds is 8. The molecule has 5 nitrogen and oxygen atoms in total. The zero-order chi connectivity index (χ0) is 36.6. The maximum absolute atomic E-state index is 4.75. The van der Waals surface area contributed by atoms with Gasteiger partial charge in [-0.25, -0.2) is 0 Å². The van der Waals surface area contributed by atoms with Crippen LogP contribution in [0.1, 0.15) is 0 Å². The molecule has 10 aromatic rings. The lowest BCUT2D eigenvalue weighted by Gasteiger charge is -2.26. The third-order valence-corrected chi connectivity index (χ3v) is 10.3. The van der Waals surface area contributed by atoms with E-state index in [-0.39, 0.29) is 0 Å². The number of hydrogen-bond donors (Lipinski definition) is 0. The number of aromatic nitrogens is 4. The van der Waals surface area contributed by atoms with E-state index < -0.39 is 0 Å². The van der Waals surface area contributed by atoms with Gasteiger partial charge in [0.2, 0.25) is 0 Å². The second-order valence-corrected chi connectivity index (χ2v) is 13.6. The molecule has 5 heteroatoms. The van der Waals surface area contributed by atoms with Gasteiger partial charge in [0.05, 0.1) is 11.0 Å².